The van der Waals surface area contributed by atoms with Crippen LogP contribution in [0.25, 0.3) is 0 Å². The molecular weight excluding hydrogens is 436 g/mol. The lowest BCUT2D eigenvalue weighted by molar-refractivity contribution is -0.137. The zero-order valence-corrected chi connectivity index (χ0v) is 16.8. The lowest BCUT2D eigenvalue weighted by Crippen LogP contribution is -2.21. The number of hydrogen-bond acceptors (Lipinski definition) is 6. The van der Waals surface area contributed by atoms with E-state index >= 15 is 0 Å². The van der Waals surface area contributed by atoms with Gasteiger partial charge in [0.1, 0.15) is 15.7 Å². The summed E-state index contributed by atoms with van der Waals surface area (Å²) in [7, 11) is 2.30. The second kappa shape index (κ2) is 8.74. The molecule has 0 aliphatic heterocycles. The Kier molecular flexibility index (Phi) is 6.80. The van der Waals surface area contributed by atoms with E-state index in [9.17, 15) is 27.2 Å². The minimum atomic E-state index is -4.67. The molecule has 2 N–H and O–H groups in total. The molecule has 2 aromatic rings. The minimum Gasteiger partial charge on any atom is -0.465 e. The lowest BCUT2D eigenvalue weighted by atomic mass is 10.1. The molecule has 29 heavy (non-hydrogen) atoms. The second-order valence-electron chi connectivity index (χ2n) is 5.51. The number of carbonyl (C=O) groups excluding carboxylic acids is 2. The van der Waals surface area contributed by atoms with Crippen LogP contribution in [-0.4, -0.2) is 31.3 Å². The highest BCUT2D eigenvalue weighted by Crippen LogP contribution is 2.35. The molecule has 0 fully saturated rings. The van der Waals surface area contributed by atoms with Gasteiger partial charge in [-0.15, -0.1) is 11.3 Å². The lowest BCUT2D eigenvalue weighted by Gasteiger charge is -2.13. The van der Waals surface area contributed by atoms with Gasteiger partial charge >= 0.3 is 18.1 Å². The van der Waals surface area contributed by atoms with E-state index in [1.807, 2.05) is 0 Å². The molecule has 0 radical (unpaired) electrons. The van der Waals surface area contributed by atoms with Crippen LogP contribution in [0.5, 0.6) is 0 Å². The number of alkyl halides is 3. The SMILES string of the molecule is COC(=O)c1sc(NC(=S)Nc2cc(C(F)(F)F)ccc2F)c(C(=O)OC)c1C. The van der Waals surface area contributed by atoms with Gasteiger partial charge in [0.05, 0.1) is 31.0 Å². The number of carbonyl (C=O) groups is 2. The fraction of sp³-hybridized carbons (Fsp3) is 0.235. The van der Waals surface area contributed by atoms with Crippen LogP contribution in [0.4, 0.5) is 28.3 Å². The summed E-state index contributed by atoms with van der Waals surface area (Å²) in [6.45, 7) is 1.49. The van der Waals surface area contributed by atoms with Gasteiger partial charge in [0, 0.05) is 0 Å². The molecule has 0 atom stereocenters. The van der Waals surface area contributed by atoms with Crippen LogP contribution in [0.1, 0.15) is 31.2 Å². The highest BCUT2D eigenvalue weighted by Gasteiger charge is 2.31. The van der Waals surface area contributed by atoms with E-state index in [0.717, 1.165) is 25.6 Å². The summed E-state index contributed by atoms with van der Waals surface area (Å²) in [5.41, 5.74) is -1.33. The van der Waals surface area contributed by atoms with Gasteiger partial charge in [0.2, 0.25) is 0 Å². The van der Waals surface area contributed by atoms with Crippen molar-refractivity contribution in [3.8, 4) is 0 Å². The van der Waals surface area contributed by atoms with Crippen molar-refractivity contribution in [2.45, 2.75) is 13.1 Å². The summed E-state index contributed by atoms with van der Waals surface area (Å²) in [5.74, 6) is -2.44. The first kappa shape index (κ1) is 22.6. The minimum absolute atomic E-state index is 0.00781. The number of nitrogens with one attached hydrogen (secondary N) is 2. The fourth-order valence-electron chi connectivity index (χ4n) is 2.29. The number of thiocarbonyl (C=S) groups is 1. The van der Waals surface area contributed by atoms with Crippen LogP contribution < -0.4 is 10.6 Å². The maximum absolute atomic E-state index is 13.9. The molecule has 0 saturated carbocycles. The number of thiophene rings is 1. The van der Waals surface area contributed by atoms with Crippen molar-refractivity contribution in [3.05, 3.63) is 45.6 Å². The molecule has 1 aromatic heterocycles. The third-order valence-electron chi connectivity index (χ3n) is 3.68. The summed E-state index contributed by atoms with van der Waals surface area (Å²) in [5, 5.41) is 4.68. The summed E-state index contributed by atoms with van der Waals surface area (Å²) in [6.07, 6.45) is -4.67. The Morgan fingerprint density at radius 1 is 1.10 bits per heavy atom. The highest BCUT2D eigenvalue weighted by atomic mass is 32.1. The number of halogens is 4. The molecule has 0 aliphatic rings. The topological polar surface area (TPSA) is 76.7 Å². The first-order chi connectivity index (χ1) is 13.5. The van der Waals surface area contributed by atoms with Crippen molar-refractivity contribution in [1.29, 1.82) is 0 Å². The first-order valence-electron chi connectivity index (χ1n) is 7.74. The summed E-state index contributed by atoms with van der Waals surface area (Å²) < 4.78 is 61.7. The molecule has 0 spiro atoms. The van der Waals surface area contributed by atoms with Gasteiger partial charge < -0.3 is 20.1 Å². The fourth-order valence-corrected chi connectivity index (χ4v) is 3.69. The number of hydrogen-bond donors (Lipinski definition) is 2. The van der Waals surface area contributed by atoms with Crippen molar-refractivity contribution in [1.82, 2.24) is 0 Å². The summed E-state index contributed by atoms with van der Waals surface area (Å²) in [6, 6.07) is 1.81. The maximum Gasteiger partial charge on any atom is 0.416 e. The third-order valence-corrected chi connectivity index (χ3v) is 5.07. The molecule has 0 bridgehead atoms. The maximum atomic E-state index is 13.9. The van der Waals surface area contributed by atoms with Crippen LogP contribution in [0.15, 0.2) is 18.2 Å². The third kappa shape index (κ3) is 5.01. The Morgan fingerprint density at radius 3 is 2.28 bits per heavy atom. The van der Waals surface area contributed by atoms with E-state index in [1.165, 1.54) is 6.92 Å². The van der Waals surface area contributed by atoms with E-state index in [1.54, 1.807) is 0 Å². The van der Waals surface area contributed by atoms with E-state index in [0.29, 0.717) is 18.2 Å². The number of anilines is 2. The number of esters is 2. The zero-order chi connectivity index (χ0) is 21.9. The highest BCUT2D eigenvalue weighted by molar-refractivity contribution is 7.80. The van der Waals surface area contributed by atoms with Gasteiger partial charge in [0.15, 0.2) is 5.11 Å². The Morgan fingerprint density at radius 2 is 1.72 bits per heavy atom. The van der Waals surface area contributed by atoms with Gasteiger partial charge in [-0.05, 0) is 42.9 Å². The van der Waals surface area contributed by atoms with Gasteiger partial charge in [-0.1, -0.05) is 0 Å². The van der Waals surface area contributed by atoms with Gasteiger partial charge in [-0.2, -0.15) is 13.2 Å². The van der Waals surface area contributed by atoms with Crippen molar-refractivity contribution in [2.75, 3.05) is 24.9 Å². The second-order valence-corrected chi connectivity index (χ2v) is 6.94. The molecular formula is C17H14F4N2O4S2. The van der Waals surface area contributed by atoms with Crippen molar-refractivity contribution < 1.29 is 36.6 Å². The van der Waals surface area contributed by atoms with Crippen molar-refractivity contribution in [2.24, 2.45) is 0 Å². The molecule has 1 aromatic carbocycles. The summed E-state index contributed by atoms with van der Waals surface area (Å²) in [4.78, 5) is 24.0. The number of rotatable bonds is 4. The normalized spacial score (nSPS) is 11.0. The van der Waals surface area contributed by atoms with Crippen molar-refractivity contribution >= 4 is 51.3 Å². The predicted molar refractivity (Wildman–Crippen MR) is 103 cm³/mol. The molecule has 2 rings (SSSR count). The number of methoxy groups -OCH3 is 2. The average molecular weight is 450 g/mol. The Balaban J connectivity index is 2.34. The quantitative estimate of drug-likeness (QED) is 0.401. The summed E-state index contributed by atoms with van der Waals surface area (Å²) >= 11 is 5.84. The molecule has 0 amide bonds. The van der Waals surface area contributed by atoms with Crippen LogP contribution >= 0.6 is 23.6 Å². The van der Waals surface area contributed by atoms with E-state index in [4.69, 9.17) is 12.2 Å². The number of ether oxygens (including phenoxy) is 2. The standard InChI is InChI=1S/C17H14F4N2O4S2/c1-7-11(14(24)26-2)13(29-12(7)15(25)27-3)23-16(28)22-10-6-8(17(19,20)21)4-5-9(10)18/h4-6H,1-3H3,(H2,22,23,28). The largest absolute Gasteiger partial charge is 0.465 e. The zero-order valence-electron chi connectivity index (χ0n) is 15.2. The predicted octanol–water partition coefficient (Wildman–Crippen LogP) is 4.60. The van der Waals surface area contributed by atoms with Crippen LogP contribution in [-0.2, 0) is 15.7 Å². The van der Waals surface area contributed by atoms with Crippen molar-refractivity contribution in [3.63, 3.8) is 0 Å². The van der Waals surface area contributed by atoms with Gasteiger partial charge in [-0.25, -0.2) is 14.0 Å². The van der Waals surface area contributed by atoms with E-state index < -0.39 is 35.2 Å². The van der Waals surface area contributed by atoms with E-state index in [-0.39, 0.29) is 26.1 Å². The molecule has 1 heterocycles. The molecule has 6 nitrogen and oxygen atoms in total. The van der Waals surface area contributed by atoms with Crippen LogP contribution in [0, 0.1) is 12.7 Å². The smallest absolute Gasteiger partial charge is 0.416 e. The van der Waals surface area contributed by atoms with Gasteiger partial charge in [0.25, 0.3) is 0 Å². The van der Waals surface area contributed by atoms with Crippen LogP contribution in [0.3, 0.4) is 0 Å². The average Bonchev–Trinajstić information content (AvgIpc) is 2.97. The Bertz CT molecular complexity index is 973. The molecule has 0 aliphatic carbocycles. The van der Waals surface area contributed by atoms with E-state index in [2.05, 4.69) is 20.1 Å². The molecule has 12 heteroatoms. The Labute approximate surface area is 171 Å². The van der Waals surface area contributed by atoms with Crippen LogP contribution in [0.2, 0.25) is 0 Å². The molecule has 156 valence electrons. The molecule has 0 unspecified atom stereocenters. The number of benzene rings is 1. The Hall–Kier alpha value is -2.73. The molecule has 0 saturated heterocycles. The first-order valence-corrected chi connectivity index (χ1v) is 8.96. The monoisotopic (exact) mass is 450 g/mol. The van der Waals surface area contributed by atoms with Gasteiger partial charge in [-0.3, -0.25) is 0 Å².